The van der Waals surface area contributed by atoms with E-state index in [2.05, 4.69) is 4.90 Å². The number of nitrogens with two attached hydrogens (primary N) is 1. The van der Waals surface area contributed by atoms with E-state index < -0.39 is 11.7 Å². The van der Waals surface area contributed by atoms with E-state index in [4.69, 9.17) is 10.5 Å². The molecule has 1 fully saturated rings. The lowest BCUT2D eigenvalue weighted by Gasteiger charge is -2.38. The highest BCUT2D eigenvalue weighted by Crippen LogP contribution is 2.29. The molecule has 0 radical (unpaired) electrons. The van der Waals surface area contributed by atoms with Crippen LogP contribution in [0.15, 0.2) is 24.3 Å². The van der Waals surface area contributed by atoms with Crippen LogP contribution in [0, 0.1) is 0 Å². The summed E-state index contributed by atoms with van der Waals surface area (Å²) in [6.45, 7) is 2.00. The highest BCUT2D eigenvalue weighted by Gasteiger charge is 2.30. The molecule has 1 aromatic rings. The van der Waals surface area contributed by atoms with Crippen molar-refractivity contribution in [3.63, 3.8) is 0 Å². The number of halogens is 3. The molecule has 0 saturated carbocycles. The summed E-state index contributed by atoms with van der Waals surface area (Å²) in [4.78, 5) is 2.22. The van der Waals surface area contributed by atoms with Gasteiger partial charge < -0.3 is 10.5 Å². The van der Waals surface area contributed by atoms with Crippen molar-refractivity contribution in [2.24, 2.45) is 5.73 Å². The molecule has 1 saturated heterocycles. The predicted octanol–water partition coefficient (Wildman–Crippen LogP) is 2.64. The van der Waals surface area contributed by atoms with Crippen molar-refractivity contribution in [2.75, 3.05) is 20.2 Å². The number of rotatable bonds is 4. The Morgan fingerprint density at radius 3 is 2.48 bits per heavy atom. The van der Waals surface area contributed by atoms with Gasteiger partial charge in [0.2, 0.25) is 0 Å². The standard InChI is InChI=1S/C15H21F3N2O/c1-21-14-6-7-20(13(8-14)9-19)10-11-2-4-12(5-3-11)15(16,17)18/h2-5,13-14H,6-10,19H2,1H3. The summed E-state index contributed by atoms with van der Waals surface area (Å²) in [5.41, 5.74) is 6.06. The van der Waals surface area contributed by atoms with Crippen molar-refractivity contribution in [1.29, 1.82) is 0 Å². The van der Waals surface area contributed by atoms with Crippen molar-refractivity contribution in [3.8, 4) is 0 Å². The van der Waals surface area contributed by atoms with E-state index in [1.54, 1.807) is 19.2 Å². The topological polar surface area (TPSA) is 38.5 Å². The average molecular weight is 302 g/mol. The first kappa shape index (κ1) is 16.3. The molecule has 2 N–H and O–H groups in total. The molecule has 0 amide bonds. The van der Waals surface area contributed by atoms with Crippen LogP contribution in [0.3, 0.4) is 0 Å². The molecule has 0 aliphatic carbocycles. The molecule has 2 rings (SSSR count). The molecule has 6 heteroatoms. The Morgan fingerprint density at radius 2 is 1.95 bits per heavy atom. The van der Waals surface area contributed by atoms with Gasteiger partial charge in [-0.2, -0.15) is 13.2 Å². The molecule has 3 nitrogen and oxygen atoms in total. The number of nitrogens with zero attached hydrogens (tertiary/aromatic N) is 1. The number of hydrogen-bond acceptors (Lipinski definition) is 3. The number of piperidine rings is 1. The fraction of sp³-hybridized carbons (Fsp3) is 0.600. The van der Waals surface area contributed by atoms with E-state index in [9.17, 15) is 13.2 Å². The van der Waals surface area contributed by atoms with Gasteiger partial charge in [-0.05, 0) is 30.5 Å². The van der Waals surface area contributed by atoms with E-state index in [-0.39, 0.29) is 12.1 Å². The summed E-state index contributed by atoms with van der Waals surface area (Å²) in [5, 5.41) is 0. The Kier molecular flexibility index (Phi) is 5.24. The minimum absolute atomic E-state index is 0.214. The van der Waals surface area contributed by atoms with Crippen LogP contribution in [0.5, 0.6) is 0 Å². The van der Waals surface area contributed by atoms with E-state index in [1.165, 1.54) is 0 Å². The quantitative estimate of drug-likeness (QED) is 0.929. The molecule has 1 heterocycles. The van der Waals surface area contributed by atoms with Gasteiger partial charge in [-0.15, -0.1) is 0 Å². The zero-order valence-corrected chi connectivity index (χ0v) is 12.1. The van der Waals surface area contributed by atoms with Crippen molar-refractivity contribution in [3.05, 3.63) is 35.4 Å². The summed E-state index contributed by atoms with van der Waals surface area (Å²) in [7, 11) is 1.70. The third-order valence-electron chi connectivity index (χ3n) is 4.06. The number of alkyl halides is 3. The number of ether oxygens (including phenoxy) is 1. The van der Waals surface area contributed by atoms with Gasteiger partial charge in [-0.25, -0.2) is 0 Å². The number of likely N-dealkylation sites (tertiary alicyclic amines) is 1. The maximum absolute atomic E-state index is 12.5. The molecular weight excluding hydrogens is 281 g/mol. The fourth-order valence-corrected chi connectivity index (χ4v) is 2.76. The largest absolute Gasteiger partial charge is 0.416 e. The summed E-state index contributed by atoms with van der Waals surface area (Å²) < 4.78 is 43.0. The summed E-state index contributed by atoms with van der Waals surface area (Å²) in [5.74, 6) is 0. The zero-order valence-electron chi connectivity index (χ0n) is 12.1. The summed E-state index contributed by atoms with van der Waals surface area (Å²) >= 11 is 0. The third-order valence-corrected chi connectivity index (χ3v) is 4.06. The first-order valence-electron chi connectivity index (χ1n) is 7.07. The van der Waals surface area contributed by atoms with Crippen LogP contribution in [0.2, 0.25) is 0 Å². The Labute approximate surface area is 122 Å². The van der Waals surface area contributed by atoms with Gasteiger partial charge in [0.15, 0.2) is 0 Å². The SMILES string of the molecule is COC1CCN(Cc2ccc(C(F)(F)F)cc2)C(CN)C1. The van der Waals surface area contributed by atoms with Crippen LogP contribution in [-0.2, 0) is 17.5 Å². The molecule has 1 aromatic carbocycles. The van der Waals surface area contributed by atoms with Gasteiger partial charge in [-0.1, -0.05) is 12.1 Å². The maximum Gasteiger partial charge on any atom is 0.416 e. The lowest BCUT2D eigenvalue weighted by atomic mass is 9.98. The lowest BCUT2D eigenvalue weighted by molar-refractivity contribution is -0.137. The van der Waals surface area contributed by atoms with Gasteiger partial charge in [-0.3, -0.25) is 4.90 Å². The minimum atomic E-state index is -4.28. The smallest absolute Gasteiger partial charge is 0.381 e. The van der Waals surface area contributed by atoms with Crippen LogP contribution in [0.4, 0.5) is 13.2 Å². The van der Waals surface area contributed by atoms with Crippen molar-refractivity contribution in [1.82, 2.24) is 4.90 Å². The Morgan fingerprint density at radius 1 is 1.29 bits per heavy atom. The summed E-state index contributed by atoms with van der Waals surface area (Å²) in [6, 6.07) is 5.56. The summed E-state index contributed by atoms with van der Waals surface area (Å²) in [6.07, 6.45) is -2.27. The van der Waals surface area contributed by atoms with E-state index in [1.807, 2.05) is 0 Å². The normalized spacial score (nSPS) is 24.2. The molecule has 2 atom stereocenters. The molecule has 2 unspecified atom stereocenters. The molecule has 0 aromatic heterocycles. The van der Waals surface area contributed by atoms with Gasteiger partial charge >= 0.3 is 6.18 Å². The number of methoxy groups -OCH3 is 1. The maximum atomic E-state index is 12.5. The fourth-order valence-electron chi connectivity index (χ4n) is 2.76. The first-order valence-corrected chi connectivity index (χ1v) is 7.07. The molecule has 1 aliphatic rings. The average Bonchev–Trinajstić information content (AvgIpc) is 2.47. The van der Waals surface area contributed by atoms with Crippen molar-refractivity contribution in [2.45, 2.75) is 37.7 Å². The Balaban J connectivity index is 2.00. The molecular formula is C15H21F3N2O. The highest BCUT2D eigenvalue weighted by atomic mass is 19.4. The molecule has 0 spiro atoms. The van der Waals surface area contributed by atoms with Crippen LogP contribution in [0.25, 0.3) is 0 Å². The van der Waals surface area contributed by atoms with E-state index >= 15 is 0 Å². The zero-order chi connectivity index (χ0) is 15.5. The Hall–Kier alpha value is -1.11. The number of hydrogen-bond donors (Lipinski definition) is 1. The number of benzene rings is 1. The van der Waals surface area contributed by atoms with Crippen LogP contribution < -0.4 is 5.73 Å². The second kappa shape index (κ2) is 6.77. The highest BCUT2D eigenvalue weighted by molar-refractivity contribution is 5.24. The van der Waals surface area contributed by atoms with Crippen molar-refractivity contribution < 1.29 is 17.9 Å². The Bertz CT molecular complexity index is 447. The third kappa shape index (κ3) is 4.18. The lowest BCUT2D eigenvalue weighted by Crippen LogP contribution is -2.47. The van der Waals surface area contributed by atoms with Crippen LogP contribution in [-0.4, -0.2) is 37.2 Å². The first-order chi connectivity index (χ1) is 9.94. The van der Waals surface area contributed by atoms with Crippen LogP contribution >= 0.6 is 0 Å². The van der Waals surface area contributed by atoms with Gasteiger partial charge in [0.25, 0.3) is 0 Å². The molecule has 0 bridgehead atoms. The van der Waals surface area contributed by atoms with Gasteiger partial charge in [0.05, 0.1) is 11.7 Å². The van der Waals surface area contributed by atoms with Gasteiger partial charge in [0, 0.05) is 32.8 Å². The van der Waals surface area contributed by atoms with Crippen LogP contribution in [0.1, 0.15) is 24.0 Å². The van der Waals surface area contributed by atoms with E-state index in [0.29, 0.717) is 13.1 Å². The predicted molar refractivity (Wildman–Crippen MR) is 74.7 cm³/mol. The molecule has 1 aliphatic heterocycles. The molecule has 21 heavy (non-hydrogen) atoms. The van der Waals surface area contributed by atoms with Crippen molar-refractivity contribution >= 4 is 0 Å². The monoisotopic (exact) mass is 302 g/mol. The van der Waals surface area contributed by atoms with Gasteiger partial charge in [0.1, 0.15) is 0 Å². The second-order valence-corrected chi connectivity index (χ2v) is 5.44. The minimum Gasteiger partial charge on any atom is -0.381 e. The van der Waals surface area contributed by atoms with E-state index in [0.717, 1.165) is 37.1 Å². The molecule has 118 valence electrons. The second-order valence-electron chi connectivity index (χ2n) is 5.44.